The van der Waals surface area contributed by atoms with Gasteiger partial charge >= 0.3 is 11.8 Å². The van der Waals surface area contributed by atoms with Gasteiger partial charge in [-0.05, 0) is 73.5 Å². The first-order valence-corrected chi connectivity index (χ1v) is 8.70. The van der Waals surface area contributed by atoms with Gasteiger partial charge in [-0.3, -0.25) is 9.59 Å². The molecule has 0 atom stereocenters. The van der Waals surface area contributed by atoms with E-state index in [1.165, 1.54) is 0 Å². The summed E-state index contributed by atoms with van der Waals surface area (Å²) >= 11 is 0. The molecule has 0 heterocycles. The van der Waals surface area contributed by atoms with Crippen LogP contribution >= 0.6 is 0 Å². The van der Waals surface area contributed by atoms with Crippen molar-refractivity contribution in [3.8, 4) is 11.5 Å². The van der Waals surface area contributed by atoms with Crippen molar-refractivity contribution < 1.29 is 19.1 Å². The topological polar surface area (TPSA) is 76.7 Å². The highest BCUT2D eigenvalue weighted by molar-refractivity contribution is 6.43. The number of carbonyl (C=O) groups is 2. The van der Waals surface area contributed by atoms with Crippen LogP contribution in [0.2, 0.25) is 0 Å². The molecular formula is C22H24N2O4. The highest BCUT2D eigenvalue weighted by atomic mass is 16.5. The molecule has 0 aromatic heterocycles. The summed E-state index contributed by atoms with van der Waals surface area (Å²) in [6.07, 6.45) is 0. The second-order valence-electron chi connectivity index (χ2n) is 6.45. The molecule has 2 amide bonds. The summed E-state index contributed by atoms with van der Waals surface area (Å²) in [6.45, 7) is 12.1. The summed E-state index contributed by atoms with van der Waals surface area (Å²) in [5, 5.41) is 5.08. The summed E-state index contributed by atoms with van der Waals surface area (Å²) in [4.78, 5) is 24.1. The van der Waals surface area contributed by atoms with Gasteiger partial charge in [-0.25, -0.2) is 0 Å². The minimum atomic E-state index is -0.766. The highest BCUT2D eigenvalue weighted by Crippen LogP contribution is 2.18. The van der Waals surface area contributed by atoms with E-state index in [1.807, 2.05) is 13.8 Å². The summed E-state index contributed by atoms with van der Waals surface area (Å²) in [5.74, 6) is -0.227. The number of ether oxygens (including phenoxy) is 2. The molecule has 0 unspecified atom stereocenters. The Morgan fingerprint density at radius 3 is 1.32 bits per heavy atom. The second kappa shape index (κ2) is 9.97. The first kappa shape index (κ1) is 20.8. The lowest BCUT2D eigenvalue weighted by Gasteiger charge is -2.09. The molecular weight excluding hydrogens is 356 g/mol. The molecule has 2 rings (SSSR count). The van der Waals surface area contributed by atoms with Crippen LogP contribution in [0.15, 0.2) is 72.8 Å². The second-order valence-corrected chi connectivity index (χ2v) is 6.45. The number of carbonyl (C=O) groups excluding carboxylic acids is 2. The minimum Gasteiger partial charge on any atom is -0.489 e. The predicted molar refractivity (Wildman–Crippen MR) is 111 cm³/mol. The molecule has 0 spiro atoms. The van der Waals surface area contributed by atoms with Crippen molar-refractivity contribution >= 4 is 23.2 Å². The molecule has 0 aliphatic carbocycles. The Morgan fingerprint density at radius 1 is 0.714 bits per heavy atom. The van der Waals surface area contributed by atoms with Crippen LogP contribution in [-0.4, -0.2) is 25.0 Å². The van der Waals surface area contributed by atoms with Crippen LogP contribution in [0.5, 0.6) is 11.5 Å². The van der Waals surface area contributed by atoms with Crippen molar-refractivity contribution in [2.75, 3.05) is 23.8 Å². The smallest absolute Gasteiger partial charge is 0.314 e. The molecule has 6 nitrogen and oxygen atoms in total. The van der Waals surface area contributed by atoms with Crippen molar-refractivity contribution in [3.05, 3.63) is 72.8 Å². The van der Waals surface area contributed by atoms with Crippen molar-refractivity contribution in [2.45, 2.75) is 13.8 Å². The van der Waals surface area contributed by atoms with Crippen LogP contribution in [0.3, 0.4) is 0 Å². The van der Waals surface area contributed by atoms with Gasteiger partial charge in [-0.15, -0.1) is 0 Å². The largest absolute Gasteiger partial charge is 0.489 e. The summed E-state index contributed by atoms with van der Waals surface area (Å²) in [7, 11) is 0. The van der Waals surface area contributed by atoms with Gasteiger partial charge in [0.2, 0.25) is 0 Å². The van der Waals surface area contributed by atoms with Crippen LogP contribution in [0.25, 0.3) is 0 Å². The lowest BCUT2D eigenvalue weighted by molar-refractivity contribution is -0.132. The lowest BCUT2D eigenvalue weighted by atomic mass is 10.3. The van der Waals surface area contributed by atoms with E-state index in [-0.39, 0.29) is 0 Å². The van der Waals surface area contributed by atoms with E-state index in [0.717, 1.165) is 11.1 Å². The zero-order valence-electron chi connectivity index (χ0n) is 16.1. The Kier molecular flexibility index (Phi) is 7.39. The molecule has 0 fully saturated rings. The summed E-state index contributed by atoms with van der Waals surface area (Å²) < 4.78 is 11.0. The quantitative estimate of drug-likeness (QED) is 0.532. The van der Waals surface area contributed by atoms with E-state index in [2.05, 4.69) is 23.8 Å². The standard InChI is InChI=1S/C22H24N2O4/c1-15(2)13-27-19-9-5-17(6-10-19)23-21(25)22(26)24-18-7-11-20(12-8-18)28-14-16(3)4/h5-12H,1,3,13-14H2,2,4H3,(H,23,25)(H,24,26). The molecule has 0 radical (unpaired) electrons. The zero-order valence-corrected chi connectivity index (χ0v) is 16.1. The Labute approximate surface area is 164 Å². The lowest BCUT2D eigenvalue weighted by Crippen LogP contribution is -2.29. The predicted octanol–water partition coefficient (Wildman–Crippen LogP) is 4.17. The van der Waals surface area contributed by atoms with E-state index < -0.39 is 11.8 Å². The molecule has 2 aromatic rings. The average Bonchev–Trinajstić information content (AvgIpc) is 2.66. The number of anilines is 2. The van der Waals surface area contributed by atoms with Gasteiger partial charge in [-0.2, -0.15) is 0 Å². The normalized spacial score (nSPS) is 9.93. The van der Waals surface area contributed by atoms with Crippen LogP contribution < -0.4 is 20.1 Å². The fraction of sp³-hybridized carbons (Fsp3) is 0.182. The first-order valence-electron chi connectivity index (χ1n) is 8.70. The van der Waals surface area contributed by atoms with E-state index in [9.17, 15) is 9.59 Å². The monoisotopic (exact) mass is 380 g/mol. The Morgan fingerprint density at radius 2 is 1.04 bits per heavy atom. The minimum absolute atomic E-state index is 0.422. The fourth-order valence-electron chi connectivity index (χ4n) is 2.06. The maximum Gasteiger partial charge on any atom is 0.314 e. The summed E-state index contributed by atoms with van der Waals surface area (Å²) in [6, 6.07) is 13.5. The molecule has 2 aromatic carbocycles. The molecule has 28 heavy (non-hydrogen) atoms. The van der Waals surface area contributed by atoms with E-state index in [0.29, 0.717) is 36.1 Å². The number of nitrogens with one attached hydrogen (secondary N) is 2. The van der Waals surface area contributed by atoms with Crippen molar-refractivity contribution in [1.29, 1.82) is 0 Å². The number of hydrogen-bond acceptors (Lipinski definition) is 4. The van der Waals surface area contributed by atoms with E-state index in [1.54, 1.807) is 48.5 Å². The van der Waals surface area contributed by atoms with Gasteiger partial charge in [0, 0.05) is 11.4 Å². The fourth-order valence-corrected chi connectivity index (χ4v) is 2.06. The Hall–Kier alpha value is -3.54. The molecule has 0 aliphatic heterocycles. The molecule has 0 saturated carbocycles. The molecule has 0 aliphatic rings. The highest BCUT2D eigenvalue weighted by Gasteiger charge is 2.14. The van der Waals surface area contributed by atoms with Gasteiger partial charge in [0.05, 0.1) is 0 Å². The summed E-state index contributed by atoms with van der Waals surface area (Å²) in [5.41, 5.74) is 2.80. The molecule has 0 bridgehead atoms. The third-order valence-corrected chi connectivity index (χ3v) is 3.40. The van der Waals surface area contributed by atoms with Crippen molar-refractivity contribution in [2.24, 2.45) is 0 Å². The van der Waals surface area contributed by atoms with E-state index in [4.69, 9.17) is 9.47 Å². The maximum atomic E-state index is 12.1. The first-order chi connectivity index (χ1) is 13.3. The zero-order chi connectivity index (χ0) is 20.5. The molecule has 0 saturated heterocycles. The van der Waals surface area contributed by atoms with Gasteiger partial charge in [0.1, 0.15) is 24.7 Å². The van der Waals surface area contributed by atoms with Gasteiger partial charge in [0.15, 0.2) is 0 Å². The van der Waals surface area contributed by atoms with Crippen LogP contribution in [0.1, 0.15) is 13.8 Å². The van der Waals surface area contributed by atoms with Crippen LogP contribution in [0.4, 0.5) is 11.4 Å². The molecule has 6 heteroatoms. The Bertz CT molecular complexity index is 782. The van der Waals surface area contributed by atoms with E-state index >= 15 is 0 Å². The number of rotatable bonds is 8. The Balaban J connectivity index is 1.86. The van der Waals surface area contributed by atoms with Gasteiger partial charge < -0.3 is 20.1 Å². The van der Waals surface area contributed by atoms with Crippen LogP contribution in [-0.2, 0) is 9.59 Å². The van der Waals surface area contributed by atoms with Crippen LogP contribution in [0, 0.1) is 0 Å². The SMILES string of the molecule is C=C(C)COc1ccc(NC(=O)C(=O)Nc2ccc(OCC(=C)C)cc2)cc1. The third kappa shape index (κ3) is 6.99. The number of hydrogen-bond donors (Lipinski definition) is 2. The van der Waals surface area contributed by atoms with Crippen molar-refractivity contribution in [1.82, 2.24) is 0 Å². The number of amides is 2. The van der Waals surface area contributed by atoms with Crippen molar-refractivity contribution in [3.63, 3.8) is 0 Å². The maximum absolute atomic E-state index is 12.1. The number of benzene rings is 2. The molecule has 2 N–H and O–H groups in total. The third-order valence-electron chi connectivity index (χ3n) is 3.40. The van der Waals surface area contributed by atoms with Gasteiger partial charge in [0.25, 0.3) is 0 Å². The average molecular weight is 380 g/mol. The molecule has 146 valence electrons. The van der Waals surface area contributed by atoms with Gasteiger partial charge in [-0.1, -0.05) is 13.2 Å².